The van der Waals surface area contributed by atoms with Crippen LogP contribution in [0.15, 0.2) is 47.6 Å². The van der Waals surface area contributed by atoms with Crippen LogP contribution < -0.4 is 4.74 Å². The summed E-state index contributed by atoms with van der Waals surface area (Å²) in [5.41, 5.74) is 3.83. The number of benzene rings is 2. The van der Waals surface area contributed by atoms with Gasteiger partial charge < -0.3 is 4.74 Å². The van der Waals surface area contributed by atoms with E-state index in [1.165, 1.54) is 11.1 Å². The van der Waals surface area contributed by atoms with Crippen LogP contribution in [-0.4, -0.2) is 28.7 Å². The fraction of sp³-hybridized carbons (Fsp3) is 0.333. The van der Waals surface area contributed by atoms with Crippen LogP contribution in [0.1, 0.15) is 42.5 Å². The third-order valence-corrected chi connectivity index (χ3v) is 5.50. The van der Waals surface area contributed by atoms with Crippen molar-refractivity contribution in [2.45, 2.75) is 32.2 Å². The molecular weight excluding hydrogens is 358 g/mol. The van der Waals surface area contributed by atoms with Crippen molar-refractivity contribution in [2.24, 2.45) is 11.0 Å². The van der Waals surface area contributed by atoms with Crippen molar-refractivity contribution in [1.29, 1.82) is 0 Å². The SMILES string of the molecule is CCC(=O)N1N=C2c3ccc(OC)cc3CC[C@H]2[C@H]1c1cccc([N+](=O)[O-])c1. The van der Waals surface area contributed by atoms with Crippen LogP contribution in [0.4, 0.5) is 5.69 Å². The number of nitro groups is 1. The minimum absolute atomic E-state index is 0.0124. The van der Waals surface area contributed by atoms with Crippen molar-refractivity contribution < 1.29 is 14.5 Å². The summed E-state index contributed by atoms with van der Waals surface area (Å²) in [6.45, 7) is 1.80. The summed E-state index contributed by atoms with van der Waals surface area (Å²) in [5.74, 6) is 0.722. The molecule has 144 valence electrons. The molecule has 0 bridgehead atoms. The van der Waals surface area contributed by atoms with E-state index < -0.39 is 4.92 Å². The molecule has 2 atom stereocenters. The average molecular weight is 379 g/mol. The summed E-state index contributed by atoms with van der Waals surface area (Å²) in [6.07, 6.45) is 1.99. The number of hydrazone groups is 1. The first-order valence-corrected chi connectivity index (χ1v) is 9.35. The molecule has 0 unspecified atom stereocenters. The monoisotopic (exact) mass is 379 g/mol. The van der Waals surface area contributed by atoms with E-state index in [2.05, 4.69) is 0 Å². The number of ether oxygens (including phenoxy) is 1. The number of hydrogen-bond acceptors (Lipinski definition) is 5. The first-order valence-electron chi connectivity index (χ1n) is 9.35. The van der Waals surface area contributed by atoms with Crippen molar-refractivity contribution in [3.8, 4) is 5.75 Å². The first-order chi connectivity index (χ1) is 13.5. The number of fused-ring (bicyclic) bond motifs is 3. The lowest BCUT2D eigenvalue weighted by Gasteiger charge is -2.29. The van der Waals surface area contributed by atoms with Gasteiger partial charge in [0.1, 0.15) is 5.75 Å². The quantitative estimate of drug-likeness (QED) is 0.596. The van der Waals surface area contributed by atoms with Gasteiger partial charge in [-0.15, -0.1) is 0 Å². The summed E-state index contributed by atoms with van der Waals surface area (Å²) < 4.78 is 5.33. The smallest absolute Gasteiger partial charge is 0.269 e. The predicted octanol–water partition coefficient (Wildman–Crippen LogP) is 3.86. The minimum Gasteiger partial charge on any atom is -0.497 e. The van der Waals surface area contributed by atoms with E-state index in [4.69, 9.17) is 9.84 Å². The number of nitro benzene ring substituents is 1. The highest BCUT2D eigenvalue weighted by Crippen LogP contribution is 2.44. The van der Waals surface area contributed by atoms with E-state index in [9.17, 15) is 14.9 Å². The molecule has 0 radical (unpaired) electrons. The van der Waals surface area contributed by atoms with Gasteiger partial charge in [0.25, 0.3) is 5.69 Å². The predicted molar refractivity (Wildman–Crippen MR) is 104 cm³/mol. The third kappa shape index (κ3) is 2.93. The normalized spacial score (nSPS) is 20.2. The number of carbonyl (C=O) groups excluding carboxylic acids is 1. The van der Waals surface area contributed by atoms with Gasteiger partial charge in [0.05, 0.1) is 23.8 Å². The second kappa shape index (κ2) is 7.07. The molecule has 0 aromatic heterocycles. The summed E-state index contributed by atoms with van der Waals surface area (Å²) in [7, 11) is 1.64. The van der Waals surface area contributed by atoms with Gasteiger partial charge in [-0.25, -0.2) is 5.01 Å². The molecule has 2 aliphatic rings. The zero-order valence-electron chi connectivity index (χ0n) is 15.8. The second-order valence-electron chi connectivity index (χ2n) is 7.04. The van der Waals surface area contributed by atoms with E-state index >= 15 is 0 Å². The number of amides is 1. The summed E-state index contributed by atoms with van der Waals surface area (Å²) in [5, 5.41) is 17.5. The molecule has 2 aromatic rings. The Morgan fingerprint density at radius 3 is 2.86 bits per heavy atom. The Bertz CT molecular complexity index is 985. The molecule has 2 aromatic carbocycles. The molecule has 1 heterocycles. The van der Waals surface area contributed by atoms with Gasteiger partial charge in [-0.3, -0.25) is 14.9 Å². The Hall–Kier alpha value is -3.22. The van der Waals surface area contributed by atoms with Crippen molar-refractivity contribution >= 4 is 17.3 Å². The Labute approximate surface area is 162 Å². The van der Waals surface area contributed by atoms with Crippen LogP contribution in [0.5, 0.6) is 5.75 Å². The summed E-state index contributed by atoms with van der Waals surface area (Å²) >= 11 is 0. The molecule has 0 saturated heterocycles. The molecule has 1 aliphatic carbocycles. The maximum absolute atomic E-state index is 12.6. The van der Waals surface area contributed by atoms with Gasteiger partial charge in [-0.05, 0) is 42.2 Å². The van der Waals surface area contributed by atoms with Crippen LogP contribution >= 0.6 is 0 Å². The topological polar surface area (TPSA) is 85.0 Å². The largest absolute Gasteiger partial charge is 0.497 e. The molecule has 0 N–H and O–H groups in total. The van der Waals surface area contributed by atoms with E-state index in [0.717, 1.165) is 41.0 Å². The minimum atomic E-state index is -0.408. The zero-order chi connectivity index (χ0) is 19.8. The standard InChI is InChI=1S/C21H21N3O4/c1-3-19(25)23-21(14-5-4-6-15(11-14)24(26)27)18-9-7-13-12-16(28-2)8-10-17(13)20(18)22-23/h4-6,8,10-12,18,21H,3,7,9H2,1-2H3/t18-,21-/m1/s1. The van der Waals surface area contributed by atoms with E-state index in [1.807, 2.05) is 24.3 Å². The maximum Gasteiger partial charge on any atom is 0.269 e. The second-order valence-corrected chi connectivity index (χ2v) is 7.04. The Kier molecular flexibility index (Phi) is 4.58. The van der Waals surface area contributed by atoms with Gasteiger partial charge in [-0.1, -0.05) is 19.1 Å². The van der Waals surface area contributed by atoms with Crippen molar-refractivity contribution in [3.63, 3.8) is 0 Å². The Morgan fingerprint density at radius 1 is 1.32 bits per heavy atom. The van der Waals surface area contributed by atoms with E-state index in [-0.39, 0.29) is 23.6 Å². The van der Waals surface area contributed by atoms with Crippen LogP contribution in [0.2, 0.25) is 0 Å². The number of carbonyl (C=O) groups is 1. The Balaban J connectivity index is 1.79. The number of nitrogens with zero attached hydrogens (tertiary/aromatic N) is 3. The number of aryl methyl sites for hydroxylation is 1. The van der Waals surface area contributed by atoms with Crippen LogP contribution in [0, 0.1) is 16.0 Å². The molecule has 0 spiro atoms. The lowest BCUT2D eigenvalue weighted by atomic mass is 9.77. The molecule has 28 heavy (non-hydrogen) atoms. The molecule has 1 amide bonds. The van der Waals surface area contributed by atoms with Gasteiger partial charge in [-0.2, -0.15) is 5.10 Å². The van der Waals surface area contributed by atoms with Crippen molar-refractivity contribution in [2.75, 3.05) is 7.11 Å². The van der Waals surface area contributed by atoms with Crippen molar-refractivity contribution in [1.82, 2.24) is 5.01 Å². The highest BCUT2D eigenvalue weighted by atomic mass is 16.6. The third-order valence-electron chi connectivity index (χ3n) is 5.50. The molecular formula is C21H21N3O4. The lowest BCUT2D eigenvalue weighted by Crippen LogP contribution is -2.31. The number of non-ortho nitro benzene ring substituents is 1. The van der Waals surface area contributed by atoms with Crippen LogP contribution in [-0.2, 0) is 11.2 Å². The Morgan fingerprint density at radius 2 is 2.14 bits per heavy atom. The number of rotatable bonds is 4. The average Bonchev–Trinajstić information content (AvgIpc) is 3.12. The molecule has 4 rings (SSSR count). The van der Waals surface area contributed by atoms with Gasteiger partial charge in [0.2, 0.25) is 5.91 Å². The molecule has 0 saturated carbocycles. The summed E-state index contributed by atoms with van der Waals surface area (Å²) in [6, 6.07) is 12.1. The number of hydrogen-bond donors (Lipinski definition) is 0. The number of methoxy groups -OCH3 is 1. The maximum atomic E-state index is 12.6. The highest BCUT2D eigenvalue weighted by Gasteiger charge is 2.43. The highest BCUT2D eigenvalue weighted by molar-refractivity contribution is 6.07. The summed E-state index contributed by atoms with van der Waals surface area (Å²) in [4.78, 5) is 23.5. The van der Waals surface area contributed by atoms with Gasteiger partial charge in [0, 0.05) is 30.0 Å². The first kappa shape index (κ1) is 18.2. The molecule has 7 heteroatoms. The van der Waals surface area contributed by atoms with Crippen LogP contribution in [0.25, 0.3) is 0 Å². The fourth-order valence-electron chi connectivity index (χ4n) is 4.15. The van der Waals surface area contributed by atoms with Gasteiger partial charge >= 0.3 is 0 Å². The van der Waals surface area contributed by atoms with E-state index in [0.29, 0.717) is 6.42 Å². The van der Waals surface area contributed by atoms with Gasteiger partial charge in [0.15, 0.2) is 0 Å². The van der Waals surface area contributed by atoms with E-state index in [1.54, 1.807) is 26.2 Å². The lowest BCUT2D eigenvalue weighted by molar-refractivity contribution is -0.385. The molecule has 7 nitrogen and oxygen atoms in total. The molecule has 1 aliphatic heterocycles. The zero-order valence-corrected chi connectivity index (χ0v) is 15.8. The molecule has 0 fully saturated rings. The van der Waals surface area contributed by atoms with Crippen LogP contribution in [0.3, 0.4) is 0 Å². The fourth-order valence-corrected chi connectivity index (χ4v) is 4.15. The van der Waals surface area contributed by atoms with Crippen molar-refractivity contribution in [3.05, 3.63) is 69.3 Å².